The van der Waals surface area contributed by atoms with Crippen molar-refractivity contribution in [2.24, 2.45) is 0 Å². The Bertz CT molecular complexity index is 130. The Morgan fingerprint density at radius 1 is 1.23 bits per heavy atom. The first-order valence-electron chi connectivity index (χ1n) is 4.23. The fourth-order valence-corrected chi connectivity index (χ4v) is 0.689. The summed E-state index contributed by atoms with van der Waals surface area (Å²) < 4.78 is 10.3. The fraction of sp³-hybridized carbons (Fsp3) is 0.875. The monoisotopic (exact) mass is 192 g/mol. The van der Waals surface area contributed by atoms with E-state index in [2.05, 4.69) is 9.78 Å². The minimum Gasteiger partial charge on any atom is -0.350 e. The highest BCUT2D eigenvalue weighted by molar-refractivity contribution is 5.65. The van der Waals surface area contributed by atoms with Crippen LogP contribution in [0.1, 0.15) is 20.8 Å². The van der Waals surface area contributed by atoms with Crippen molar-refractivity contribution in [2.45, 2.75) is 27.1 Å². The predicted molar refractivity (Wildman–Crippen MR) is 44.8 cm³/mol. The molecule has 0 aliphatic carbocycles. The van der Waals surface area contributed by atoms with Gasteiger partial charge in [0.15, 0.2) is 6.29 Å². The summed E-state index contributed by atoms with van der Waals surface area (Å²) in [6.45, 7) is 6.08. The highest BCUT2D eigenvalue weighted by Gasteiger charge is 2.09. The molecule has 0 heterocycles. The Labute approximate surface area is 77.8 Å². The van der Waals surface area contributed by atoms with Gasteiger partial charge >= 0.3 is 5.97 Å². The Morgan fingerprint density at radius 3 is 2.15 bits per heavy atom. The van der Waals surface area contributed by atoms with Crippen molar-refractivity contribution in [2.75, 3.05) is 19.8 Å². The number of carbonyl (C=O) groups is 1. The molecule has 0 aromatic rings. The second-order valence-corrected chi connectivity index (χ2v) is 2.20. The maximum absolute atomic E-state index is 10.3. The minimum absolute atomic E-state index is 0.0846. The molecule has 13 heavy (non-hydrogen) atoms. The molecule has 0 saturated heterocycles. The van der Waals surface area contributed by atoms with Crippen LogP contribution in [-0.4, -0.2) is 32.1 Å². The van der Waals surface area contributed by atoms with Crippen molar-refractivity contribution in [3.05, 3.63) is 0 Å². The lowest BCUT2D eigenvalue weighted by Crippen LogP contribution is -2.24. The van der Waals surface area contributed by atoms with Crippen LogP contribution in [0.5, 0.6) is 0 Å². The molecule has 0 unspecified atom stereocenters. The van der Waals surface area contributed by atoms with Gasteiger partial charge in [0.2, 0.25) is 0 Å². The first kappa shape index (κ1) is 12.3. The fourth-order valence-electron chi connectivity index (χ4n) is 0.689. The molecular weight excluding hydrogens is 176 g/mol. The summed E-state index contributed by atoms with van der Waals surface area (Å²) in [4.78, 5) is 19.1. The van der Waals surface area contributed by atoms with Crippen LogP contribution in [0, 0.1) is 0 Å². The number of ether oxygens (including phenoxy) is 2. The van der Waals surface area contributed by atoms with Crippen LogP contribution in [0.25, 0.3) is 0 Å². The molecule has 78 valence electrons. The first-order valence-corrected chi connectivity index (χ1v) is 4.23. The average molecular weight is 192 g/mol. The summed E-state index contributed by atoms with van der Waals surface area (Å²) in [5.41, 5.74) is 0. The quantitative estimate of drug-likeness (QED) is 0.340. The van der Waals surface area contributed by atoms with Crippen LogP contribution in [0.2, 0.25) is 0 Å². The average Bonchev–Trinajstić information content (AvgIpc) is 2.04. The molecule has 0 rings (SSSR count). The summed E-state index contributed by atoms with van der Waals surface area (Å²) in [5.74, 6) is -0.494. The topological polar surface area (TPSA) is 54.0 Å². The molecule has 0 fully saturated rings. The number of carbonyl (C=O) groups excluding carboxylic acids is 1. The Hall–Kier alpha value is -0.650. The van der Waals surface area contributed by atoms with Crippen molar-refractivity contribution in [3.63, 3.8) is 0 Å². The van der Waals surface area contributed by atoms with E-state index in [9.17, 15) is 4.79 Å². The van der Waals surface area contributed by atoms with Gasteiger partial charge in [-0.1, -0.05) is 0 Å². The molecule has 0 aromatic heterocycles. The van der Waals surface area contributed by atoms with Gasteiger partial charge in [0.1, 0.15) is 6.61 Å². The standard InChI is InChI=1S/C8H16O5/c1-4-10-8(11-5-2)6-12-13-7(3)9/h8H,4-6H2,1-3H3. The Morgan fingerprint density at radius 2 is 1.77 bits per heavy atom. The van der Waals surface area contributed by atoms with Gasteiger partial charge in [0.25, 0.3) is 0 Å². The zero-order valence-electron chi connectivity index (χ0n) is 8.24. The van der Waals surface area contributed by atoms with E-state index in [1.54, 1.807) is 0 Å². The van der Waals surface area contributed by atoms with Gasteiger partial charge in [-0.2, -0.15) is 4.89 Å². The summed E-state index contributed by atoms with van der Waals surface area (Å²) in [6, 6.07) is 0. The maximum Gasteiger partial charge on any atom is 0.339 e. The predicted octanol–water partition coefficient (Wildman–Crippen LogP) is 0.880. The van der Waals surface area contributed by atoms with E-state index in [-0.39, 0.29) is 6.61 Å². The van der Waals surface area contributed by atoms with Crippen molar-refractivity contribution in [1.29, 1.82) is 0 Å². The number of hydrogen-bond acceptors (Lipinski definition) is 5. The minimum atomic E-state index is -0.494. The molecule has 5 heteroatoms. The summed E-state index contributed by atoms with van der Waals surface area (Å²) in [5, 5.41) is 0. The third-order valence-electron chi connectivity index (χ3n) is 1.09. The molecule has 5 nitrogen and oxygen atoms in total. The van der Waals surface area contributed by atoms with Crippen LogP contribution in [0.3, 0.4) is 0 Å². The molecule has 0 N–H and O–H groups in total. The van der Waals surface area contributed by atoms with Gasteiger partial charge in [-0.3, -0.25) is 4.89 Å². The van der Waals surface area contributed by atoms with Gasteiger partial charge < -0.3 is 9.47 Å². The molecule has 0 atom stereocenters. The molecule has 0 saturated carbocycles. The second kappa shape index (κ2) is 7.97. The lowest BCUT2D eigenvalue weighted by Gasteiger charge is -2.15. The second-order valence-electron chi connectivity index (χ2n) is 2.20. The Balaban J connectivity index is 3.49. The smallest absolute Gasteiger partial charge is 0.339 e. The zero-order valence-corrected chi connectivity index (χ0v) is 8.24. The molecule has 0 amide bonds. The van der Waals surface area contributed by atoms with E-state index in [4.69, 9.17) is 9.47 Å². The number of hydrogen-bond donors (Lipinski definition) is 0. The van der Waals surface area contributed by atoms with Crippen LogP contribution in [-0.2, 0) is 24.0 Å². The van der Waals surface area contributed by atoms with Crippen LogP contribution in [0.15, 0.2) is 0 Å². The lowest BCUT2D eigenvalue weighted by atomic mass is 10.6. The van der Waals surface area contributed by atoms with Crippen LogP contribution in [0.4, 0.5) is 0 Å². The van der Waals surface area contributed by atoms with Crippen LogP contribution >= 0.6 is 0 Å². The van der Waals surface area contributed by atoms with E-state index in [1.165, 1.54) is 6.92 Å². The van der Waals surface area contributed by atoms with Crippen molar-refractivity contribution in [1.82, 2.24) is 0 Å². The zero-order chi connectivity index (χ0) is 10.1. The highest BCUT2D eigenvalue weighted by Crippen LogP contribution is 1.96. The van der Waals surface area contributed by atoms with E-state index in [0.717, 1.165) is 0 Å². The molecular formula is C8H16O5. The molecule has 0 spiro atoms. The van der Waals surface area contributed by atoms with Gasteiger partial charge in [-0.05, 0) is 13.8 Å². The summed E-state index contributed by atoms with van der Waals surface area (Å²) >= 11 is 0. The van der Waals surface area contributed by atoms with E-state index >= 15 is 0 Å². The van der Waals surface area contributed by atoms with Crippen molar-refractivity contribution < 1.29 is 24.0 Å². The Kier molecular flexibility index (Phi) is 7.57. The molecule has 0 aromatic carbocycles. The number of rotatable bonds is 7. The third-order valence-corrected chi connectivity index (χ3v) is 1.09. The van der Waals surface area contributed by atoms with E-state index in [1.807, 2.05) is 13.8 Å². The summed E-state index contributed by atoms with van der Waals surface area (Å²) in [7, 11) is 0. The molecule has 0 radical (unpaired) electrons. The van der Waals surface area contributed by atoms with Crippen LogP contribution < -0.4 is 0 Å². The van der Waals surface area contributed by atoms with Crippen molar-refractivity contribution in [3.8, 4) is 0 Å². The lowest BCUT2D eigenvalue weighted by molar-refractivity contribution is -0.304. The largest absolute Gasteiger partial charge is 0.350 e. The van der Waals surface area contributed by atoms with Gasteiger partial charge in [-0.15, -0.1) is 0 Å². The third kappa shape index (κ3) is 7.70. The molecule has 0 aliphatic heterocycles. The SMILES string of the molecule is CCOC(COOC(C)=O)OCC. The van der Waals surface area contributed by atoms with E-state index < -0.39 is 12.3 Å². The summed E-state index contributed by atoms with van der Waals surface area (Å²) in [6.07, 6.45) is -0.477. The maximum atomic E-state index is 10.3. The first-order chi connectivity index (χ1) is 6.20. The van der Waals surface area contributed by atoms with Gasteiger partial charge in [0.05, 0.1) is 0 Å². The molecule has 0 aliphatic rings. The van der Waals surface area contributed by atoms with Crippen molar-refractivity contribution >= 4 is 5.97 Å². The van der Waals surface area contributed by atoms with Gasteiger partial charge in [0, 0.05) is 20.1 Å². The highest BCUT2D eigenvalue weighted by atomic mass is 17.2. The normalized spacial score (nSPS) is 10.5. The molecule has 0 bridgehead atoms. The van der Waals surface area contributed by atoms with Gasteiger partial charge in [-0.25, -0.2) is 4.79 Å². The van der Waals surface area contributed by atoms with E-state index in [0.29, 0.717) is 13.2 Å².